The molecule has 0 saturated heterocycles. The number of hydrogen-bond acceptors (Lipinski definition) is 6. The molecule has 0 atom stereocenters. The molecule has 0 saturated carbocycles. The van der Waals surface area contributed by atoms with Crippen molar-refractivity contribution in [3.05, 3.63) is 75.6 Å². The maximum absolute atomic E-state index is 13.4. The van der Waals surface area contributed by atoms with Crippen LogP contribution in [0.1, 0.15) is 75.0 Å². The summed E-state index contributed by atoms with van der Waals surface area (Å²) in [5.41, 5.74) is 7.36. The van der Waals surface area contributed by atoms with Gasteiger partial charge in [0, 0.05) is 53.5 Å². The molecule has 3 aliphatic rings. The number of Topliss-reactive ketones (excluding diaryl/α,β-unsaturated/α-hetero) is 2. The van der Waals surface area contributed by atoms with Crippen LogP contribution in [0.2, 0.25) is 0 Å². The molecule has 7 heteroatoms. The predicted octanol–water partition coefficient (Wildman–Crippen LogP) is 6.15. The zero-order valence-electron chi connectivity index (χ0n) is 23.9. The topological polar surface area (TPSA) is 84.9 Å². The van der Waals surface area contributed by atoms with Crippen molar-refractivity contribution in [2.24, 2.45) is 0 Å². The van der Waals surface area contributed by atoms with Gasteiger partial charge in [-0.25, -0.2) is 0 Å². The van der Waals surface area contributed by atoms with Crippen LogP contribution in [0.4, 0.5) is 5.69 Å². The van der Waals surface area contributed by atoms with Crippen LogP contribution in [0, 0.1) is 13.8 Å². The Morgan fingerprint density at radius 1 is 0.875 bits per heavy atom. The Bertz CT molecular complexity index is 1380. The average molecular weight is 543 g/mol. The van der Waals surface area contributed by atoms with Gasteiger partial charge in [-0.1, -0.05) is 23.8 Å². The lowest BCUT2D eigenvalue weighted by atomic mass is 9.71. The second-order valence-corrected chi connectivity index (χ2v) is 10.7. The lowest BCUT2D eigenvalue weighted by Crippen LogP contribution is -2.39. The van der Waals surface area contributed by atoms with Crippen LogP contribution >= 0.6 is 0 Å². The van der Waals surface area contributed by atoms with Gasteiger partial charge in [0.2, 0.25) is 0 Å². The number of hydrogen-bond donors (Lipinski definition) is 1. The zero-order valence-corrected chi connectivity index (χ0v) is 23.9. The third kappa shape index (κ3) is 5.29. The number of carbonyl (C=O) groups excluding carboxylic acids is 3. The second-order valence-electron chi connectivity index (χ2n) is 10.7. The molecule has 0 unspecified atom stereocenters. The zero-order chi connectivity index (χ0) is 28.4. The number of amides is 1. The van der Waals surface area contributed by atoms with Crippen LogP contribution in [0.25, 0.3) is 0 Å². The highest BCUT2D eigenvalue weighted by Crippen LogP contribution is 2.50. The summed E-state index contributed by atoms with van der Waals surface area (Å²) in [7, 11) is 0. The van der Waals surface area contributed by atoms with Crippen LogP contribution in [0.15, 0.2) is 58.9 Å². The number of ether oxygens (including phenoxy) is 2. The van der Waals surface area contributed by atoms with Crippen molar-refractivity contribution in [1.29, 1.82) is 0 Å². The first-order valence-electron chi connectivity index (χ1n) is 14.4. The van der Waals surface area contributed by atoms with Crippen molar-refractivity contribution in [3.8, 4) is 11.5 Å². The van der Waals surface area contributed by atoms with Gasteiger partial charge < -0.3 is 19.7 Å². The summed E-state index contributed by atoms with van der Waals surface area (Å²) in [5.74, 6) is 0.505. The fourth-order valence-corrected chi connectivity index (χ4v) is 6.31. The lowest BCUT2D eigenvalue weighted by Gasteiger charge is -2.43. The van der Waals surface area contributed by atoms with E-state index in [1.165, 1.54) is 0 Å². The van der Waals surface area contributed by atoms with E-state index in [2.05, 4.69) is 17.1 Å². The van der Waals surface area contributed by atoms with Gasteiger partial charge in [0.15, 0.2) is 29.7 Å². The summed E-state index contributed by atoms with van der Waals surface area (Å²) in [6.07, 6.45) is 4.34. The molecule has 7 nitrogen and oxygen atoms in total. The molecular formula is C33H38N2O5. The van der Waals surface area contributed by atoms with Crippen molar-refractivity contribution < 1.29 is 23.9 Å². The standard InChI is InChI=1S/C33H38N2O5/c1-5-35-24-9-7-11-26(36)32(24)31(33-25(35)10-8-12-27(33)37)22-14-16-28(29(18-22)39-6-2)40-19-30(38)34-23-15-13-20(3)17-21(23)4/h13-18,31H,5-12,19H2,1-4H3,(H,34,38). The Hall–Kier alpha value is -3.87. The summed E-state index contributed by atoms with van der Waals surface area (Å²) in [6.45, 7) is 8.91. The third-order valence-corrected chi connectivity index (χ3v) is 8.02. The van der Waals surface area contributed by atoms with Crippen molar-refractivity contribution in [3.63, 3.8) is 0 Å². The molecular weight excluding hydrogens is 504 g/mol. The van der Waals surface area contributed by atoms with E-state index in [1.807, 2.05) is 51.1 Å². The minimum Gasteiger partial charge on any atom is -0.490 e. The molecule has 0 fully saturated rings. The molecule has 5 rings (SSSR count). The molecule has 2 aromatic rings. The molecule has 1 amide bonds. The number of carbonyl (C=O) groups is 3. The van der Waals surface area contributed by atoms with E-state index in [4.69, 9.17) is 9.47 Å². The molecule has 0 spiro atoms. The van der Waals surface area contributed by atoms with Gasteiger partial charge in [0.25, 0.3) is 5.91 Å². The molecule has 1 heterocycles. The van der Waals surface area contributed by atoms with Crippen LogP contribution in [0.5, 0.6) is 11.5 Å². The monoisotopic (exact) mass is 542 g/mol. The number of nitrogens with one attached hydrogen (secondary N) is 1. The summed E-state index contributed by atoms with van der Waals surface area (Å²) in [4.78, 5) is 41.7. The Labute approximate surface area is 236 Å². The van der Waals surface area contributed by atoms with Gasteiger partial charge in [0.05, 0.1) is 6.61 Å². The number of ketones is 2. The highest BCUT2D eigenvalue weighted by Gasteiger charge is 2.43. The number of benzene rings is 2. The van der Waals surface area contributed by atoms with Gasteiger partial charge >= 0.3 is 0 Å². The maximum Gasteiger partial charge on any atom is 0.262 e. The van der Waals surface area contributed by atoms with Crippen LogP contribution in [0.3, 0.4) is 0 Å². The van der Waals surface area contributed by atoms with E-state index in [9.17, 15) is 14.4 Å². The first-order valence-corrected chi connectivity index (χ1v) is 14.4. The number of rotatable bonds is 8. The Balaban J connectivity index is 1.46. The molecule has 1 N–H and O–H groups in total. The third-order valence-electron chi connectivity index (χ3n) is 8.02. The molecule has 0 radical (unpaired) electrons. The lowest BCUT2D eigenvalue weighted by molar-refractivity contribution is -0.118. The van der Waals surface area contributed by atoms with Crippen molar-refractivity contribution in [2.45, 2.75) is 72.1 Å². The van der Waals surface area contributed by atoms with E-state index in [1.54, 1.807) is 6.07 Å². The number of anilines is 1. The number of allylic oxidation sites excluding steroid dienone is 4. The average Bonchev–Trinajstić information content (AvgIpc) is 2.93. The normalized spacial score (nSPS) is 17.6. The second kappa shape index (κ2) is 11.7. The van der Waals surface area contributed by atoms with Crippen LogP contribution < -0.4 is 14.8 Å². The van der Waals surface area contributed by atoms with Crippen molar-refractivity contribution in [2.75, 3.05) is 25.1 Å². The van der Waals surface area contributed by atoms with Crippen LogP contribution in [-0.2, 0) is 14.4 Å². The summed E-state index contributed by atoms with van der Waals surface area (Å²) >= 11 is 0. The smallest absolute Gasteiger partial charge is 0.262 e. The van der Waals surface area contributed by atoms with Gasteiger partial charge in [-0.15, -0.1) is 0 Å². The van der Waals surface area contributed by atoms with Gasteiger partial charge in [-0.3, -0.25) is 14.4 Å². The molecule has 1 aliphatic heterocycles. The maximum atomic E-state index is 13.4. The van der Waals surface area contributed by atoms with Crippen LogP contribution in [-0.4, -0.2) is 42.1 Å². The van der Waals surface area contributed by atoms with Crippen molar-refractivity contribution >= 4 is 23.2 Å². The largest absolute Gasteiger partial charge is 0.490 e. The number of nitrogens with zero attached hydrogens (tertiary/aromatic N) is 1. The van der Waals surface area contributed by atoms with E-state index in [0.29, 0.717) is 30.9 Å². The number of aryl methyl sites for hydroxylation is 2. The van der Waals surface area contributed by atoms with E-state index in [-0.39, 0.29) is 24.1 Å². The van der Waals surface area contributed by atoms with Gasteiger partial charge in [0.1, 0.15) is 0 Å². The molecule has 40 heavy (non-hydrogen) atoms. The Morgan fingerprint density at radius 3 is 2.15 bits per heavy atom. The Kier molecular flexibility index (Phi) is 8.10. The molecule has 2 aromatic carbocycles. The summed E-state index contributed by atoms with van der Waals surface area (Å²) < 4.78 is 11.9. The Morgan fingerprint density at radius 2 is 1.55 bits per heavy atom. The first kappa shape index (κ1) is 27.7. The van der Waals surface area contributed by atoms with E-state index < -0.39 is 5.92 Å². The van der Waals surface area contributed by atoms with E-state index >= 15 is 0 Å². The summed E-state index contributed by atoms with van der Waals surface area (Å²) in [6, 6.07) is 11.4. The SMILES string of the molecule is CCOc1cc(C2C3=C(CCCC3=O)N(CC)C3=C2C(=O)CCC3)ccc1OCC(=O)Nc1ccc(C)cc1C. The summed E-state index contributed by atoms with van der Waals surface area (Å²) in [5, 5.41) is 2.91. The highest BCUT2D eigenvalue weighted by molar-refractivity contribution is 6.06. The minimum absolute atomic E-state index is 0.121. The fourth-order valence-electron chi connectivity index (χ4n) is 6.31. The quantitative estimate of drug-likeness (QED) is 0.431. The van der Waals surface area contributed by atoms with Crippen molar-refractivity contribution in [1.82, 2.24) is 4.90 Å². The predicted molar refractivity (Wildman–Crippen MR) is 155 cm³/mol. The molecule has 210 valence electrons. The first-order chi connectivity index (χ1) is 19.3. The fraction of sp³-hybridized carbons (Fsp3) is 0.424. The van der Waals surface area contributed by atoms with E-state index in [0.717, 1.165) is 77.1 Å². The molecule has 0 bridgehead atoms. The minimum atomic E-state index is -0.408. The molecule has 0 aromatic heterocycles. The van der Waals surface area contributed by atoms with Gasteiger partial charge in [-0.05, 0) is 82.7 Å². The molecule has 2 aliphatic carbocycles. The van der Waals surface area contributed by atoms with Gasteiger partial charge in [-0.2, -0.15) is 0 Å². The highest BCUT2D eigenvalue weighted by atomic mass is 16.5.